The number of aromatic nitrogens is 3. The number of carbonyl (C=O) groups is 1. The van der Waals surface area contributed by atoms with Gasteiger partial charge >= 0.3 is 5.97 Å². The van der Waals surface area contributed by atoms with Gasteiger partial charge in [-0.1, -0.05) is 6.07 Å². The lowest BCUT2D eigenvalue weighted by Crippen LogP contribution is -2.43. The number of methoxy groups -OCH3 is 1. The maximum Gasteiger partial charge on any atom is 0.356 e. The van der Waals surface area contributed by atoms with Gasteiger partial charge in [-0.2, -0.15) is 5.10 Å². The fourth-order valence-electron chi connectivity index (χ4n) is 3.33. The van der Waals surface area contributed by atoms with E-state index in [-0.39, 0.29) is 5.97 Å². The lowest BCUT2D eigenvalue weighted by molar-refractivity contribution is 0.0588. The molecule has 0 aliphatic carbocycles. The lowest BCUT2D eigenvalue weighted by atomic mass is 10.0. The molecule has 2 aromatic rings. The molecule has 0 unspecified atom stereocenters. The van der Waals surface area contributed by atoms with Crippen molar-refractivity contribution >= 4 is 5.97 Å². The zero-order valence-electron chi connectivity index (χ0n) is 14.8. The molecule has 7 nitrogen and oxygen atoms in total. The van der Waals surface area contributed by atoms with E-state index >= 15 is 0 Å². The number of carbonyl (C=O) groups excluding carboxylic acids is 1. The van der Waals surface area contributed by atoms with E-state index in [9.17, 15) is 4.79 Å². The second kappa shape index (κ2) is 8.22. The third-order valence-corrected chi connectivity index (χ3v) is 4.79. The third-order valence-electron chi connectivity index (χ3n) is 4.79. The normalized spacial score (nSPS) is 16.3. The number of piperidine rings is 1. The van der Waals surface area contributed by atoms with Crippen molar-refractivity contribution in [2.45, 2.75) is 32.0 Å². The van der Waals surface area contributed by atoms with Gasteiger partial charge in [-0.25, -0.2) is 4.79 Å². The highest BCUT2D eigenvalue weighted by molar-refractivity contribution is 5.88. The van der Waals surface area contributed by atoms with Crippen molar-refractivity contribution in [2.75, 3.05) is 27.2 Å². The molecule has 3 heterocycles. The molecule has 0 bridgehead atoms. The number of hydrogen-bond acceptors (Lipinski definition) is 6. The van der Waals surface area contributed by atoms with Crippen LogP contribution in [0.15, 0.2) is 30.7 Å². The van der Waals surface area contributed by atoms with Gasteiger partial charge in [0.05, 0.1) is 13.3 Å². The Balaban J connectivity index is 1.78. The van der Waals surface area contributed by atoms with Crippen LogP contribution in [0.3, 0.4) is 0 Å². The van der Waals surface area contributed by atoms with Crippen LogP contribution < -0.4 is 0 Å². The molecule has 0 spiro atoms. The number of nitrogens with zero attached hydrogens (tertiary/aromatic N) is 4. The minimum Gasteiger partial charge on any atom is -0.464 e. The highest BCUT2D eigenvalue weighted by Crippen LogP contribution is 2.21. The Hall–Kier alpha value is -2.25. The van der Waals surface area contributed by atoms with Crippen molar-refractivity contribution in [1.82, 2.24) is 25.0 Å². The Bertz CT molecular complexity index is 680. The summed E-state index contributed by atoms with van der Waals surface area (Å²) in [5, 5.41) is 6.80. The Morgan fingerprint density at radius 1 is 1.36 bits per heavy atom. The number of pyridine rings is 1. The van der Waals surface area contributed by atoms with Crippen molar-refractivity contribution in [1.29, 1.82) is 0 Å². The maximum atomic E-state index is 11.9. The zero-order valence-corrected chi connectivity index (χ0v) is 14.8. The first kappa shape index (κ1) is 17.6. The third kappa shape index (κ3) is 4.43. The number of rotatable bonds is 6. The molecule has 0 saturated carbocycles. The van der Waals surface area contributed by atoms with Crippen LogP contribution in [0.2, 0.25) is 0 Å². The van der Waals surface area contributed by atoms with Crippen LogP contribution >= 0.6 is 0 Å². The van der Waals surface area contributed by atoms with Gasteiger partial charge in [0.25, 0.3) is 0 Å². The first-order valence-corrected chi connectivity index (χ1v) is 8.59. The number of likely N-dealkylation sites (tertiary alicyclic amines) is 1. The van der Waals surface area contributed by atoms with Crippen molar-refractivity contribution in [3.63, 3.8) is 0 Å². The fourth-order valence-corrected chi connectivity index (χ4v) is 3.33. The fraction of sp³-hybridized carbons (Fsp3) is 0.500. The zero-order chi connectivity index (χ0) is 17.6. The highest BCUT2D eigenvalue weighted by Gasteiger charge is 2.25. The van der Waals surface area contributed by atoms with Crippen molar-refractivity contribution < 1.29 is 9.53 Å². The summed E-state index contributed by atoms with van der Waals surface area (Å²) in [5.41, 5.74) is 2.48. The summed E-state index contributed by atoms with van der Waals surface area (Å²) >= 11 is 0. The van der Waals surface area contributed by atoms with Crippen LogP contribution in [0.5, 0.6) is 0 Å². The van der Waals surface area contributed by atoms with Gasteiger partial charge in [-0.15, -0.1) is 0 Å². The molecule has 1 saturated heterocycles. The van der Waals surface area contributed by atoms with Crippen molar-refractivity contribution in [2.24, 2.45) is 0 Å². The number of esters is 1. The molecule has 0 atom stereocenters. The monoisotopic (exact) mass is 343 g/mol. The summed E-state index contributed by atoms with van der Waals surface area (Å²) < 4.78 is 4.85. The molecule has 134 valence electrons. The maximum absolute atomic E-state index is 11.9. The van der Waals surface area contributed by atoms with Crippen LogP contribution in [-0.4, -0.2) is 64.2 Å². The van der Waals surface area contributed by atoms with Crippen LogP contribution in [-0.2, 0) is 17.8 Å². The summed E-state index contributed by atoms with van der Waals surface area (Å²) in [6.45, 7) is 3.63. The Labute approximate surface area is 148 Å². The van der Waals surface area contributed by atoms with Crippen molar-refractivity contribution in [3.8, 4) is 0 Å². The van der Waals surface area contributed by atoms with Crippen LogP contribution in [0, 0.1) is 0 Å². The molecule has 0 aromatic carbocycles. The number of H-pyrrole nitrogens is 1. The Morgan fingerprint density at radius 2 is 2.16 bits per heavy atom. The summed E-state index contributed by atoms with van der Waals surface area (Å²) in [7, 11) is 3.55. The Kier molecular flexibility index (Phi) is 5.78. The van der Waals surface area contributed by atoms with Gasteiger partial charge in [-0.3, -0.25) is 15.0 Å². The number of aromatic amines is 1. The van der Waals surface area contributed by atoms with E-state index in [2.05, 4.69) is 38.1 Å². The molecular formula is C18H25N5O2. The molecular weight excluding hydrogens is 318 g/mol. The molecule has 1 N–H and O–H groups in total. The van der Waals surface area contributed by atoms with Crippen molar-refractivity contribution in [3.05, 3.63) is 47.5 Å². The average molecular weight is 343 g/mol. The molecule has 7 heteroatoms. The second-order valence-corrected chi connectivity index (χ2v) is 6.56. The minimum absolute atomic E-state index is 0.378. The number of ether oxygens (including phenoxy) is 1. The lowest BCUT2D eigenvalue weighted by Gasteiger charge is -2.37. The molecule has 3 rings (SSSR count). The van der Waals surface area contributed by atoms with E-state index in [0.717, 1.165) is 38.0 Å². The van der Waals surface area contributed by atoms with Gasteiger partial charge < -0.3 is 9.64 Å². The summed E-state index contributed by atoms with van der Waals surface area (Å²) in [6.07, 6.45) is 7.63. The number of nitrogens with one attached hydrogen (secondary N) is 1. The van der Waals surface area contributed by atoms with Crippen LogP contribution in [0.1, 0.15) is 34.5 Å². The standard InChI is InChI=1S/C18H25N5O2/c1-22-8-5-16(6-9-22)23(12-14-4-3-7-19-10-14)13-15-11-20-21-17(15)18(24)25-2/h3-4,7,10-11,16H,5-6,8-9,12-13H2,1-2H3,(H,20,21). The van der Waals surface area contributed by atoms with E-state index in [1.165, 1.54) is 12.7 Å². The second-order valence-electron chi connectivity index (χ2n) is 6.56. The van der Waals surface area contributed by atoms with E-state index < -0.39 is 0 Å². The van der Waals surface area contributed by atoms with Gasteiger partial charge in [0.1, 0.15) is 5.69 Å². The van der Waals surface area contributed by atoms with E-state index in [1.807, 2.05) is 12.3 Å². The molecule has 2 aromatic heterocycles. The highest BCUT2D eigenvalue weighted by atomic mass is 16.5. The molecule has 1 fully saturated rings. The molecule has 1 aliphatic rings. The summed E-state index contributed by atoms with van der Waals surface area (Å²) in [5.74, 6) is -0.378. The van der Waals surface area contributed by atoms with Gasteiger partial charge in [0.2, 0.25) is 0 Å². The van der Waals surface area contributed by atoms with E-state index in [0.29, 0.717) is 18.3 Å². The minimum atomic E-state index is -0.378. The first-order valence-electron chi connectivity index (χ1n) is 8.59. The van der Waals surface area contributed by atoms with Crippen LogP contribution in [0.25, 0.3) is 0 Å². The quantitative estimate of drug-likeness (QED) is 0.805. The van der Waals surface area contributed by atoms with Gasteiger partial charge in [0, 0.05) is 37.1 Å². The Morgan fingerprint density at radius 3 is 2.84 bits per heavy atom. The van der Waals surface area contributed by atoms with E-state index in [1.54, 1.807) is 12.4 Å². The summed E-state index contributed by atoms with van der Waals surface area (Å²) in [6, 6.07) is 4.52. The SMILES string of the molecule is COC(=O)c1[nH]ncc1CN(Cc1cccnc1)C1CCN(C)CC1. The smallest absolute Gasteiger partial charge is 0.356 e. The molecule has 0 amide bonds. The summed E-state index contributed by atoms with van der Waals surface area (Å²) in [4.78, 5) is 20.9. The van der Waals surface area contributed by atoms with E-state index in [4.69, 9.17) is 4.74 Å². The van der Waals surface area contributed by atoms with Gasteiger partial charge in [0.15, 0.2) is 0 Å². The molecule has 1 aliphatic heterocycles. The largest absolute Gasteiger partial charge is 0.464 e. The average Bonchev–Trinajstić information content (AvgIpc) is 3.10. The molecule has 0 radical (unpaired) electrons. The first-order chi connectivity index (χ1) is 12.2. The van der Waals surface area contributed by atoms with Gasteiger partial charge in [-0.05, 0) is 44.6 Å². The predicted molar refractivity (Wildman–Crippen MR) is 93.9 cm³/mol. The number of hydrogen-bond donors (Lipinski definition) is 1. The predicted octanol–water partition coefficient (Wildman–Crippen LogP) is 1.69. The topological polar surface area (TPSA) is 74.4 Å². The molecule has 25 heavy (non-hydrogen) atoms. The van der Waals surface area contributed by atoms with Crippen LogP contribution in [0.4, 0.5) is 0 Å².